The Hall–Kier alpha value is -2.38. The number of unbranched alkanes of at least 4 members (excludes halogenated alkanes) is 3. The van der Waals surface area contributed by atoms with Gasteiger partial charge in [0, 0.05) is 20.6 Å². The monoisotopic (exact) mass is 332 g/mol. The number of rotatable bonds is 5. The predicted molar refractivity (Wildman–Crippen MR) is 94.8 cm³/mol. The zero-order valence-corrected chi connectivity index (χ0v) is 14.7. The van der Waals surface area contributed by atoms with E-state index in [4.69, 9.17) is 0 Å². The first-order valence-corrected chi connectivity index (χ1v) is 8.43. The summed E-state index contributed by atoms with van der Waals surface area (Å²) in [7, 11) is 3.14. The Morgan fingerprint density at radius 3 is 2.54 bits per heavy atom. The third kappa shape index (κ3) is 2.55. The van der Waals surface area contributed by atoms with E-state index in [9.17, 15) is 9.59 Å². The second kappa shape index (κ2) is 6.26. The van der Waals surface area contributed by atoms with Gasteiger partial charge in [0.1, 0.15) is 0 Å². The molecule has 2 aromatic heterocycles. The number of hydrogen-bond acceptors (Lipinski definition) is 5. The predicted octanol–water partition coefficient (Wildman–Crippen LogP) is 1.21. The summed E-state index contributed by atoms with van der Waals surface area (Å²) in [6.45, 7) is 5.40. The summed E-state index contributed by atoms with van der Waals surface area (Å²) in [6, 6.07) is 0. The molecule has 0 atom stereocenters. The van der Waals surface area contributed by atoms with Crippen LogP contribution in [-0.2, 0) is 20.6 Å². The fourth-order valence-corrected chi connectivity index (χ4v) is 3.13. The topological polar surface area (TPSA) is 77.4 Å². The molecule has 0 N–H and O–H groups in total. The van der Waals surface area contributed by atoms with Crippen molar-refractivity contribution in [3.8, 4) is 0 Å². The van der Waals surface area contributed by atoms with Gasteiger partial charge in [-0.1, -0.05) is 26.2 Å². The number of aryl methyl sites for hydroxylation is 1. The van der Waals surface area contributed by atoms with Gasteiger partial charge in [-0.3, -0.25) is 18.5 Å². The summed E-state index contributed by atoms with van der Waals surface area (Å²) in [4.78, 5) is 29.3. The third-order valence-corrected chi connectivity index (χ3v) is 4.46. The fraction of sp³-hybridized carbons (Fsp3) is 0.625. The van der Waals surface area contributed by atoms with Gasteiger partial charge in [0.25, 0.3) is 5.56 Å². The lowest BCUT2D eigenvalue weighted by molar-refractivity contribution is 0.628. The van der Waals surface area contributed by atoms with Crippen LogP contribution < -0.4 is 16.3 Å². The van der Waals surface area contributed by atoms with Crippen molar-refractivity contribution in [1.82, 2.24) is 18.7 Å². The van der Waals surface area contributed by atoms with Crippen LogP contribution in [-0.4, -0.2) is 30.9 Å². The second-order valence-electron chi connectivity index (χ2n) is 6.39. The minimum atomic E-state index is -0.366. The van der Waals surface area contributed by atoms with E-state index >= 15 is 0 Å². The highest BCUT2D eigenvalue weighted by Gasteiger charge is 2.25. The molecular weight excluding hydrogens is 308 g/mol. The fourth-order valence-electron chi connectivity index (χ4n) is 3.13. The Morgan fingerprint density at radius 1 is 1.08 bits per heavy atom. The highest BCUT2D eigenvalue weighted by molar-refractivity contribution is 5.87. The molecule has 3 rings (SSSR count). The maximum absolute atomic E-state index is 12.6. The number of fused-ring (bicyclic) bond motifs is 3. The van der Waals surface area contributed by atoms with E-state index < -0.39 is 0 Å². The van der Waals surface area contributed by atoms with Crippen LogP contribution in [0.5, 0.6) is 0 Å². The first-order valence-electron chi connectivity index (χ1n) is 8.43. The van der Waals surface area contributed by atoms with Crippen LogP contribution >= 0.6 is 0 Å². The molecule has 8 heteroatoms. The molecule has 24 heavy (non-hydrogen) atoms. The van der Waals surface area contributed by atoms with Crippen molar-refractivity contribution in [3.05, 3.63) is 20.8 Å². The lowest BCUT2D eigenvalue weighted by atomic mass is 10.2. The average molecular weight is 332 g/mol. The maximum atomic E-state index is 12.6. The average Bonchev–Trinajstić information content (AvgIpc) is 2.94. The molecule has 8 nitrogen and oxygen atoms in total. The molecule has 2 aromatic rings. The quantitative estimate of drug-likeness (QED) is 0.771. The summed E-state index contributed by atoms with van der Waals surface area (Å²) < 4.78 is 4.43. The summed E-state index contributed by atoms with van der Waals surface area (Å²) in [6.07, 6.45) is 4.54. The summed E-state index contributed by atoms with van der Waals surface area (Å²) in [5, 5.41) is 6.45. The molecule has 0 radical (unpaired) electrons. The lowest BCUT2D eigenvalue weighted by Gasteiger charge is -2.24. The minimum Gasteiger partial charge on any atom is -0.297 e. The van der Waals surface area contributed by atoms with Crippen molar-refractivity contribution < 1.29 is 0 Å². The first kappa shape index (κ1) is 16.5. The van der Waals surface area contributed by atoms with E-state index in [2.05, 4.69) is 17.0 Å². The lowest BCUT2D eigenvalue weighted by Crippen LogP contribution is -2.38. The Balaban J connectivity index is 2.10. The molecule has 1 aliphatic rings. The Labute approximate surface area is 140 Å². The van der Waals surface area contributed by atoms with Gasteiger partial charge in [-0.05, 0) is 13.3 Å². The van der Waals surface area contributed by atoms with E-state index in [1.807, 2.05) is 16.5 Å². The van der Waals surface area contributed by atoms with E-state index in [1.54, 1.807) is 7.05 Å². The van der Waals surface area contributed by atoms with Crippen LogP contribution in [0.25, 0.3) is 11.2 Å². The first-order chi connectivity index (χ1) is 11.5. The molecule has 0 spiro atoms. The number of hydrogen-bond donors (Lipinski definition) is 0. The van der Waals surface area contributed by atoms with E-state index in [1.165, 1.54) is 24.5 Å². The van der Waals surface area contributed by atoms with Crippen molar-refractivity contribution in [3.63, 3.8) is 0 Å². The number of aromatic nitrogens is 4. The summed E-state index contributed by atoms with van der Waals surface area (Å²) >= 11 is 0. The summed E-state index contributed by atoms with van der Waals surface area (Å²) in [5.74, 6) is 0.644. The van der Waals surface area contributed by atoms with Gasteiger partial charge in [0.2, 0.25) is 5.95 Å². The number of nitrogens with zero attached hydrogens (tertiary/aromatic N) is 6. The molecule has 0 aromatic carbocycles. The molecule has 0 unspecified atom stereocenters. The molecule has 0 fully saturated rings. The van der Waals surface area contributed by atoms with Gasteiger partial charge < -0.3 is 0 Å². The zero-order chi connectivity index (χ0) is 17.4. The van der Waals surface area contributed by atoms with Crippen molar-refractivity contribution in [2.24, 2.45) is 19.2 Å². The van der Waals surface area contributed by atoms with Crippen molar-refractivity contribution >= 4 is 22.8 Å². The summed E-state index contributed by atoms with van der Waals surface area (Å²) in [5.41, 5.74) is 1.12. The molecule has 3 heterocycles. The molecule has 0 amide bonds. The van der Waals surface area contributed by atoms with Crippen LogP contribution in [0.4, 0.5) is 5.95 Å². The van der Waals surface area contributed by atoms with Gasteiger partial charge in [-0.25, -0.2) is 9.80 Å². The number of anilines is 1. The number of imidazole rings is 1. The number of hydrazone groups is 1. The largest absolute Gasteiger partial charge is 0.332 e. The Morgan fingerprint density at radius 2 is 1.83 bits per heavy atom. The normalized spacial score (nSPS) is 14.2. The van der Waals surface area contributed by atoms with Gasteiger partial charge in [0.05, 0.1) is 12.3 Å². The maximum Gasteiger partial charge on any atom is 0.332 e. The third-order valence-electron chi connectivity index (χ3n) is 4.46. The van der Waals surface area contributed by atoms with Crippen LogP contribution in [0.3, 0.4) is 0 Å². The molecule has 0 aliphatic carbocycles. The molecule has 1 aliphatic heterocycles. The minimum absolute atomic E-state index is 0.313. The second-order valence-corrected chi connectivity index (χ2v) is 6.39. The van der Waals surface area contributed by atoms with Crippen LogP contribution in [0.15, 0.2) is 14.7 Å². The van der Waals surface area contributed by atoms with Gasteiger partial charge in [-0.15, -0.1) is 0 Å². The van der Waals surface area contributed by atoms with E-state index in [0.29, 0.717) is 23.7 Å². The molecular formula is C16H24N6O2. The highest BCUT2D eigenvalue weighted by Crippen LogP contribution is 2.24. The van der Waals surface area contributed by atoms with Gasteiger partial charge in [0.15, 0.2) is 11.2 Å². The molecule has 130 valence electrons. The Bertz CT molecular complexity index is 917. The van der Waals surface area contributed by atoms with Crippen LogP contribution in [0.1, 0.15) is 39.5 Å². The van der Waals surface area contributed by atoms with E-state index in [0.717, 1.165) is 29.7 Å². The Kier molecular flexibility index (Phi) is 4.29. The molecule has 0 saturated heterocycles. The van der Waals surface area contributed by atoms with E-state index in [-0.39, 0.29) is 11.2 Å². The van der Waals surface area contributed by atoms with Crippen LogP contribution in [0.2, 0.25) is 0 Å². The molecule has 0 bridgehead atoms. The SMILES string of the molecule is CCCCCCN1N=C(C)Cn2c1nc1c2c(=O)n(C)c(=O)n1C. The highest BCUT2D eigenvalue weighted by atomic mass is 16.2. The smallest absolute Gasteiger partial charge is 0.297 e. The van der Waals surface area contributed by atoms with Crippen molar-refractivity contribution in [2.75, 3.05) is 11.6 Å². The van der Waals surface area contributed by atoms with Gasteiger partial charge >= 0.3 is 5.69 Å². The van der Waals surface area contributed by atoms with Crippen LogP contribution in [0, 0.1) is 0 Å². The van der Waals surface area contributed by atoms with Crippen molar-refractivity contribution in [1.29, 1.82) is 0 Å². The van der Waals surface area contributed by atoms with Crippen molar-refractivity contribution in [2.45, 2.75) is 46.1 Å². The standard InChI is InChI=1S/C16H24N6O2/c1-5-6-7-8-9-22-15-17-13-12(21(15)10-11(2)18-22)14(23)20(4)16(24)19(13)3/h5-10H2,1-4H3. The molecule has 0 saturated carbocycles. The zero-order valence-electron chi connectivity index (χ0n) is 14.7. The van der Waals surface area contributed by atoms with Gasteiger partial charge in [-0.2, -0.15) is 10.1 Å².